The predicted octanol–water partition coefficient (Wildman–Crippen LogP) is 0.334. The van der Waals surface area contributed by atoms with Gasteiger partial charge in [-0.25, -0.2) is 0 Å². The van der Waals surface area contributed by atoms with Gasteiger partial charge in [-0.3, -0.25) is 14.6 Å². The standard InChI is InChI=1S/C20H30N8O/c1-25(11-12-26-9-7-19(29)21-8-10-26)16-13-27(14-16)18-6-5-17-22-23-20(28(17)24-18)15-3-2-4-15/h5-6,15-16H,2-4,7-14H2,1H3,(H,21,29). The number of hydrogen-bond donors (Lipinski definition) is 1. The highest BCUT2D eigenvalue weighted by Crippen LogP contribution is 2.35. The number of likely N-dealkylation sites (N-methyl/N-ethyl adjacent to an activating group) is 1. The van der Waals surface area contributed by atoms with Crippen LogP contribution in [0.1, 0.15) is 37.4 Å². The number of carbonyl (C=O) groups excluding carboxylic acids is 1. The van der Waals surface area contributed by atoms with Gasteiger partial charge in [0.05, 0.1) is 0 Å². The molecule has 0 aromatic carbocycles. The molecule has 29 heavy (non-hydrogen) atoms. The first kappa shape index (κ1) is 18.7. The SMILES string of the molecule is CN(CCN1CCNC(=O)CC1)C1CN(c2ccc3nnc(C4CCC4)n3n2)C1. The molecule has 9 nitrogen and oxygen atoms in total. The first-order chi connectivity index (χ1) is 14.2. The molecular weight excluding hydrogens is 368 g/mol. The summed E-state index contributed by atoms with van der Waals surface area (Å²) in [5, 5.41) is 16.4. The molecule has 1 aliphatic carbocycles. The van der Waals surface area contributed by atoms with Crippen LogP contribution in [0, 0.1) is 0 Å². The Hall–Kier alpha value is -2.26. The number of nitrogens with one attached hydrogen (secondary N) is 1. The summed E-state index contributed by atoms with van der Waals surface area (Å²) in [5.74, 6) is 2.73. The number of nitrogens with zero attached hydrogens (tertiary/aromatic N) is 7. The fraction of sp³-hybridized carbons (Fsp3) is 0.700. The summed E-state index contributed by atoms with van der Waals surface area (Å²) >= 11 is 0. The molecule has 2 aromatic heterocycles. The van der Waals surface area contributed by atoms with Crippen molar-refractivity contribution < 1.29 is 4.79 Å². The molecule has 0 radical (unpaired) electrons. The van der Waals surface area contributed by atoms with Crippen LogP contribution in [0.15, 0.2) is 12.1 Å². The molecule has 2 aliphatic heterocycles. The molecule has 1 N–H and O–H groups in total. The van der Waals surface area contributed by atoms with Crippen molar-refractivity contribution in [2.24, 2.45) is 0 Å². The van der Waals surface area contributed by atoms with Gasteiger partial charge in [-0.1, -0.05) is 6.42 Å². The summed E-state index contributed by atoms with van der Waals surface area (Å²) in [6.45, 7) is 6.60. The van der Waals surface area contributed by atoms with E-state index < -0.39 is 0 Å². The van der Waals surface area contributed by atoms with E-state index in [1.807, 2.05) is 10.6 Å². The van der Waals surface area contributed by atoms with Crippen LogP contribution in [-0.2, 0) is 4.79 Å². The zero-order valence-electron chi connectivity index (χ0n) is 17.1. The van der Waals surface area contributed by atoms with Crippen molar-refractivity contribution in [3.63, 3.8) is 0 Å². The van der Waals surface area contributed by atoms with E-state index in [9.17, 15) is 4.79 Å². The van der Waals surface area contributed by atoms with Crippen LogP contribution in [0.3, 0.4) is 0 Å². The number of anilines is 1. The minimum absolute atomic E-state index is 0.175. The monoisotopic (exact) mass is 398 g/mol. The normalized spacial score (nSPS) is 21.9. The number of rotatable bonds is 6. The minimum Gasteiger partial charge on any atom is -0.355 e. The molecule has 0 atom stereocenters. The Labute approximate surface area is 171 Å². The third kappa shape index (κ3) is 3.81. The van der Waals surface area contributed by atoms with Gasteiger partial charge in [0.1, 0.15) is 5.82 Å². The molecule has 0 unspecified atom stereocenters. The largest absolute Gasteiger partial charge is 0.355 e. The average Bonchev–Trinajstić information content (AvgIpc) is 2.91. The quantitative estimate of drug-likeness (QED) is 0.751. The van der Waals surface area contributed by atoms with Crippen LogP contribution in [0.25, 0.3) is 5.65 Å². The van der Waals surface area contributed by atoms with E-state index >= 15 is 0 Å². The molecule has 1 saturated carbocycles. The van der Waals surface area contributed by atoms with Gasteiger partial charge in [0.25, 0.3) is 0 Å². The lowest BCUT2D eigenvalue weighted by Gasteiger charge is -2.45. The van der Waals surface area contributed by atoms with E-state index in [4.69, 9.17) is 5.10 Å². The lowest BCUT2D eigenvalue weighted by Crippen LogP contribution is -2.59. The molecule has 1 amide bonds. The zero-order valence-corrected chi connectivity index (χ0v) is 17.1. The van der Waals surface area contributed by atoms with Gasteiger partial charge in [0.15, 0.2) is 11.5 Å². The Morgan fingerprint density at radius 3 is 2.86 bits per heavy atom. The summed E-state index contributed by atoms with van der Waals surface area (Å²) in [4.78, 5) is 18.6. The van der Waals surface area contributed by atoms with Crippen LogP contribution < -0.4 is 10.2 Å². The van der Waals surface area contributed by atoms with Gasteiger partial charge in [0, 0.05) is 64.2 Å². The predicted molar refractivity (Wildman–Crippen MR) is 110 cm³/mol. The van der Waals surface area contributed by atoms with Crippen LogP contribution in [0.4, 0.5) is 5.82 Å². The summed E-state index contributed by atoms with van der Waals surface area (Å²) in [5.41, 5.74) is 0.843. The number of amides is 1. The van der Waals surface area contributed by atoms with Crippen LogP contribution in [0.2, 0.25) is 0 Å². The molecule has 156 valence electrons. The topological polar surface area (TPSA) is 81.9 Å². The summed E-state index contributed by atoms with van der Waals surface area (Å²) in [6.07, 6.45) is 4.29. The van der Waals surface area contributed by atoms with Crippen molar-refractivity contribution in [2.45, 2.75) is 37.6 Å². The van der Waals surface area contributed by atoms with Crippen molar-refractivity contribution in [1.29, 1.82) is 0 Å². The highest BCUT2D eigenvalue weighted by atomic mass is 16.1. The van der Waals surface area contributed by atoms with Gasteiger partial charge >= 0.3 is 0 Å². The maximum Gasteiger partial charge on any atom is 0.221 e. The maximum absolute atomic E-state index is 11.5. The van der Waals surface area contributed by atoms with Crippen molar-refractivity contribution in [1.82, 2.24) is 34.9 Å². The second-order valence-corrected chi connectivity index (χ2v) is 8.63. The fourth-order valence-corrected chi connectivity index (χ4v) is 4.33. The third-order valence-electron chi connectivity index (χ3n) is 6.73. The van der Waals surface area contributed by atoms with Gasteiger partial charge in [0.2, 0.25) is 5.91 Å². The first-order valence-corrected chi connectivity index (χ1v) is 10.8. The van der Waals surface area contributed by atoms with Crippen LogP contribution in [-0.4, -0.2) is 94.4 Å². The Morgan fingerprint density at radius 1 is 1.21 bits per heavy atom. The summed E-state index contributed by atoms with van der Waals surface area (Å²) in [7, 11) is 2.20. The van der Waals surface area contributed by atoms with Crippen molar-refractivity contribution in [2.75, 3.05) is 57.8 Å². The Balaban J connectivity index is 1.15. The van der Waals surface area contributed by atoms with Crippen LogP contribution >= 0.6 is 0 Å². The van der Waals surface area contributed by atoms with E-state index in [0.717, 1.165) is 63.1 Å². The van der Waals surface area contributed by atoms with E-state index in [1.54, 1.807) is 0 Å². The smallest absolute Gasteiger partial charge is 0.221 e. The van der Waals surface area contributed by atoms with E-state index in [2.05, 4.69) is 43.3 Å². The molecule has 2 aromatic rings. The highest BCUT2D eigenvalue weighted by Gasteiger charge is 2.32. The maximum atomic E-state index is 11.5. The highest BCUT2D eigenvalue weighted by molar-refractivity contribution is 5.76. The molecule has 5 rings (SSSR count). The summed E-state index contributed by atoms with van der Waals surface area (Å²) < 4.78 is 1.95. The Kier molecular flexibility index (Phi) is 5.09. The molecule has 0 bridgehead atoms. The van der Waals surface area contributed by atoms with Crippen molar-refractivity contribution >= 4 is 17.4 Å². The number of aromatic nitrogens is 4. The van der Waals surface area contributed by atoms with Gasteiger partial charge in [-0.05, 0) is 32.0 Å². The number of fused-ring (bicyclic) bond motifs is 1. The lowest BCUT2D eigenvalue weighted by molar-refractivity contribution is -0.120. The summed E-state index contributed by atoms with van der Waals surface area (Å²) in [6, 6.07) is 4.64. The van der Waals surface area contributed by atoms with Gasteiger partial charge < -0.3 is 10.2 Å². The molecule has 9 heteroatoms. The first-order valence-electron chi connectivity index (χ1n) is 10.8. The molecule has 3 fully saturated rings. The van der Waals surface area contributed by atoms with Gasteiger partial charge in [-0.15, -0.1) is 15.3 Å². The Bertz CT molecular complexity index is 872. The molecule has 3 aliphatic rings. The van der Waals surface area contributed by atoms with Crippen molar-refractivity contribution in [3.05, 3.63) is 18.0 Å². The lowest BCUT2D eigenvalue weighted by atomic mass is 9.85. The molecule has 0 spiro atoms. The van der Waals surface area contributed by atoms with Crippen LogP contribution in [0.5, 0.6) is 0 Å². The zero-order chi connectivity index (χ0) is 19.8. The van der Waals surface area contributed by atoms with E-state index in [-0.39, 0.29) is 5.91 Å². The fourth-order valence-electron chi connectivity index (χ4n) is 4.33. The minimum atomic E-state index is 0.175. The van der Waals surface area contributed by atoms with Gasteiger partial charge in [-0.2, -0.15) is 4.52 Å². The van der Waals surface area contributed by atoms with E-state index in [1.165, 1.54) is 19.3 Å². The Morgan fingerprint density at radius 2 is 2.07 bits per heavy atom. The number of hydrogen-bond acceptors (Lipinski definition) is 7. The van der Waals surface area contributed by atoms with E-state index in [0.29, 0.717) is 18.4 Å². The molecule has 4 heterocycles. The number of carbonyl (C=O) groups is 1. The third-order valence-corrected chi connectivity index (χ3v) is 6.73. The molecule has 2 saturated heterocycles. The molecular formula is C20H30N8O. The second-order valence-electron chi connectivity index (χ2n) is 8.63. The van der Waals surface area contributed by atoms with Crippen molar-refractivity contribution in [3.8, 4) is 0 Å². The average molecular weight is 399 g/mol. The second kappa shape index (κ2) is 7.87.